The molecule has 0 spiro atoms. The molecule has 1 rings (SSSR count). The van der Waals surface area contributed by atoms with Crippen molar-refractivity contribution >= 4 is 35.2 Å². The molecule has 0 unspecified atom stereocenters. The Kier molecular flexibility index (Phi) is 13.0. The van der Waals surface area contributed by atoms with Crippen LogP contribution in [0.5, 0.6) is 0 Å². The molecule has 0 aromatic heterocycles. The minimum absolute atomic E-state index is 0.121. The van der Waals surface area contributed by atoms with Gasteiger partial charge in [0.15, 0.2) is 0 Å². The van der Waals surface area contributed by atoms with Crippen LogP contribution < -0.4 is 0 Å². The first-order valence-electron chi connectivity index (χ1n) is 9.89. The van der Waals surface area contributed by atoms with E-state index in [9.17, 15) is 25.1 Å². The van der Waals surface area contributed by atoms with E-state index in [-0.39, 0.29) is 22.4 Å². The van der Waals surface area contributed by atoms with Crippen LogP contribution in [0, 0.1) is 10.1 Å². The van der Waals surface area contributed by atoms with Gasteiger partial charge in [-0.05, 0) is 42.9 Å². The lowest BCUT2D eigenvalue weighted by Crippen LogP contribution is -2.33. The van der Waals surface area contributed by atoms with Gasteiger partial charge in [0.2, 0.25) is 0 Å². The maximum atomic E-state index is 12.0. The molecule has 9 heteroatoms. The van der Waals surface area contributed by atoms with E-state index in [1.54, 1.807) is 23.5 Å². The summed E-state index contributed by atoms with van der Waals surface area (Å²) >= 11 is 3.59. The van der Waals surface area contributed by atoms with Crippen molar-refractivity contribution in [3.63, 3.8) is 0 Å². The number of esters is 1. The highest BCUT2D eigenvalue weighted by Crippen LogP contribution is 2.30. The Balaban J connectivity index is 2.49. The Morgan fingerprint density at radius 3 is 2.10 bits per heavy atom. The van der Waals surface area contributed by atoms with E-state index in [2.05, 4.69) is 13.8 Å². The van der Waals surface area contributed by atoms with Crippen LogP contribution >= 0.6 is 23.5 Å². The van der Waals surface area contributed by atoms with Crippen LogP contribution in [-0.2, 0) is 4.74 Å². The number of thioether (sulfide) groups is 2. The molecule has 7 nitrogen and oxygen atoms in total. The van der Waals surface area contributed by atoms with Crippen molar-refractivity contribution in [3.8, 4) is 0 Å². The molecule has 0 saturated carbocycles. The zero-order valence-electron chi connectivity index (χ0n) is 17.0. The molecule has 2 atom stereocenters. The summed E-state index contributed by atoms with van der Waals surface area (Å²) in [6.45, 7) is 3.94. The molecule has 0 aliphatic heterocycles. The number of aliphatic hydroxyl groups excluding tert-OH is 2. The lowest BCUT2D eigenvalue weighted by Gasteiger charge is -2.23. The fraction of sp³-hybridized carbons (Fsp3) is 0.650. The highest BCUT2D eigenvalue weighted by Gasteiger charge is 2.23. The zero-order valence-corrected chi connectivity index (χ0v) is 18.6. The number of non-ortho nitro benzene ring substituents is 1. The minimum Gasteiger partial charge on any atom is -0.459 e. The van der Waals surface area contributed by atoms with Gasteiger partial charge in [-0.1, -0.05) is 26.7 Å². The third-order valence-electron chi connectivity index (χ3n) is 4.18. The monoisotopic (exact) mass is 445 g/mol. The lowest BCUT2D eigenvalue weighted by molar-refractivity contribution is -0.384. The van der Waals surface area contributed by atoms with Gasteiger partial charge in [0.1, 0.15) is 12.7 Å². The second-order valence-corrected chi connectivity index (χ2v) is 9.57. The first kappa shape index (κ1) is 25.7. The van der Waals surface area contributed by atoms with Gasteiger partial charge in [-0.25, -0.2) is 4.79 Å². The van der Waals surface area contributed by atoms with Gasteiger partial charge in [-0.15, -0.1) is 23.5 Å². The maximum absolute atomic E-state index is 12.0. The van der Waals surface area contributed by atoms with Gasteiger partial charge < -0.3 is 14.9 Å². The lowest BCUT2D eigenvalue weighted by atomic mass is 10.1. The van der Waals surface area contributed by atoms with E-state index < -0.39 is 23.1 Å². The number of hydrogen-bond acceptors (Lipinski definition) is 8. The number of carbonyl (C=O) groups excluding carboxylic acids is 1. The number of rotatable bonds is 15. The summed E-state index contributed by atoms with van der Waals surface area (Å²) in [6.07, 6.45) is 2.69. The van der Waals surface area contributed by atoms with Crippen LogP contribution in [0.25, 0.3) is 0 Å². The number of carbonyl (C=O) groups is 1. The highest BCUT2D eigenvalue weighted by molar-refractivity contribution is 8.17. The summed E-state index contributed by atoms with van der Waals surface area (Å²) in [6, 6.07) is 5.03. The van der Waals surface area contributed by atoms with Crippen molar-refractivity contribution in [2.24, 2.45) is 0 Å². The number of nitro groups is 1. The average molecular weight is 446 g/mol. The Hall–Kier alpha value is -1.29. The van der Waals surface area contributed by atoms with Crippen LogP contribution in [0.1, 0.15) is 56.3 Å². The van der Waals surface area contributed by atoms with E-state index in [1.807, 2.05) is 0 Å². The van der Waals surface area contributed by atoms with Gasteiger partial charge in [-0.3, -0.25) is 10.1 Å². The van der Waals surface area contributed by atoms with Crippen molar-refractivity contribution in [2.45, 2.75) is 62.7 Å². The van der Waals surface area contributed by atoms with Crippen molar-refractivity contribution in [2.75, 3.05) is 18.1 Å². The number of ether oxygens (including phenoxy) is 1. The van der Waals surface area contributed by atoms with Crippen molar-refractivity contribution < 1.29 is 24.7 Å². The van der Waals surface area contributed by atoms with Crippen LogP contribution in [0.4, 0.5) is 5.69 Å². The zero-order chi connectivity index (χ0) is 21.6. The summed E-state index contributed by atoms with van der Waals surface area (Å²) in [5.41, 5.74) is 0.0320. The van der Waals surface area contributed by atoms with E-state index in [0.717, 1.165) is 37.2 Å². The first-order valence-corrected chi connectivity index (χ1v) is 12.0. The van der Waals surface area contributed by atoms with Crippen molar-refractivity contribution in [1.29, 1.82) is 0 Å². The number of unbranched alkanes of at least 4 members (excludes halogenated alkanes) is 2. The van der Waals surface area contributed by atoms with E-state index in [4.69, 9.17) is 4.74 Å². The normalized spacial score (nSPS) is 13.3. The molecule has 2 N–H and O–H groups in total. The summed E-state index contributed by atoms with van der Waals surface area (Å²) in [5, 5.41) is 31.2. The number of hydrogen-bond donors (Lipinski definition) is 2. The first-order chi connectivity index (χ1) is 13.9. The molecule has 0 saturated heterocycles. The molecule has 0 bridgehead atoms. The summed E-state index contributed by atoms with van der Waals surface area (Å²) < 4.78 is 5.24. The highest BCUT2D eigenvalue weighted by atomic mass is 32.2. The molecule has 0 aliphatic carbocycles. The van der Waals surface area contributed by atoms with Crippen LogP contribution in [0.2, 0.25) is 0 Å². The van der Waals surface area contributed by atoms with Gasteiger partial charge >= 0.3 is 5.97 Å². The van der Waals surface area contributed by atoms with Gasteiger partial charge in [-0.2, -0.15) is 0 Å². The van der Waals surface area contributed by atoms with Crippen LogP contribution in [-0.4, -0.2) is 56.0 Å². The van der Waals surface area contributed by atoms with Crippen molar-refractivity contribution in [1.82, 2.24) is 0 Å². The number of nitro benzene ring substituents is 1. The Labute approximate surface area is 180 Å². The average Bonchev–Trinajstić information content (AvgIpc) is 2.71. The minimum atomic E-state index is -1.18. The molecule has 1 aromatic carbocycles. The molecule has 0 heterocycles. The van der Waals surface area contributed by atoms with E-state index in [0.29, 0.717) is 6.42 Å². The largest absolute Gasteiger partial charge is 0.459 e. The predicted molar refractivity (Wildman–Crippen MR) is 119 cm³/mol. The van der Waals surface area contributed by atoms with Gasteiger partial charge in [0.25, 0.3) is 5.69 Å². The molecule has 29 heavy (non-hydrogen) atoms. The number of nitrogens with zero attached hydrogens (tertiary/aromatic N) is 1. The summed E-state index contributed by atoms with van der Waals surface area (Å²) in [7, 11) is 0. The number of benzene rings is 1. The molecule has 0 fully saturated rings. The van der Waals surface area contributed by atoms with Gasteiger partial charge in [0.05, 0.1) is 21.2 Å². The smallest absolute Gasteiger partial charge is 0.338 e. The van der Waals surface area contributed by atoms with Crippen molar-refractivity contribution in [3.05, 3.63) is 39.9 Å². The molecule has 0 amide bonds. The fourth-order valence-electron chi connectivity index (χ4n) is 2.33. The molecule has 164 valence electrons. The molecule has 0 aliphatic rings. The Morgan fingerprint density at radius 2 is 1.62 bits per heavy atom. The van der Waals surface area contributed by atoms with E-state index >= 15 is 0 Å². The van der Waals surface area contributed by atoms with Crippen LogP contribution in [0.3, 0.4) is 0 Å². The quantitative estimate of drug-likeness (QED) is 0.135. The number of aliphatic hydroxyl groups is 2. The Morgan fingerprint density at radius 1 is 1.07 bits per heavy atom. The fourth-order valence-corrected chi connectivity index (χ4v) is 5.40. The van der Waals surface area contributed by atoms with Gasteiger partial charge in [0, 0.05) is 12.1 Å². The standard InChI is InChI=1S/C20H31NO6S2/c1-3-5-11-28-19(29-12-6-4-2)13-17(22)18(23)14-27-20(24)15-7-9-16(10-8-15)21(25)26/h7-10,17-19,22-23H,3-6,11-14H2,1-2H3/t17-,18-/m0/s1. The summed E-state index contributed by atoms with van der Waals surface area (Å²) in [5.74, 6) is 1.33. The maximum Gasteiger partial charge on any atom is 0.338 e. The summed E-state index contributed by atoms with van der Waals surface area (Å²) in [4.78, 5) is 22.1. The van der Waals surface area contributed by atoms with E-state index in [1.165, 1.54) is 24.3 Å². The third kappa shape index (κ3) is 10.3. The second-order valence-electron chi connectivity index (χ2n) is 6.65. The SMILES string of the molecule is CCCCSC(C[C@H](O)[C@@H](O)COC(=O)c1ccc([N+](=O)[O-])cc1)SCCCC. The topological polar surface area (TPSA) is 110 Å². The molecule has 0 radical (unpaired) electrons. The Bertz CT molecular complexity index is 603. The third-order valence-corrected chi connectivity index (χ3v) is 7.17. The molecular formula is C20H31NO6S2. The molecular weight excluding hydrogens is 414 g/mol. The predicted octanol–water partition coefficient (Wildman–Crippen LogP) is 4.26. The molecule has 1 aromatic rings. The van der Waals surface area contributed by atoms with Crippen LogP contribution in [0.15, 0.2) is 24.3 Å². The second kappa shape index (κ2) is 14.7.